The number of aromatic amines is 1. The zero-order valence-corrected chi connectivity index (χ0v) is 12.9. The number of amides is 2. The number of morpholine rings is 1. The van der Waals surface area contributed by atoms with Gasteiger partial charge in [0.2, 0.25) is 0 Å². The number of aromatic nitrogens is 3. The second-order valence-electron chi connectivity index (χ2n) is 5.07. The van der Waals surface area contributed by atoms with Gasteiger partial charge in [0.05, 0.1) is 18.9 Å². The average molecular weight is 327 g/mol. The van der Waals surface area contributed by atoms with Crippen LogP contribution in [-0.4, -0.2) is 52.5 Å². The van der Waals surface area contributed by atoms with E-state index in [9.17, 15) is 4.79 Å². The summed E-state index contributed by atoms with van der Waals surface area (Å²) in [4.78, 5) is 18.5. The quantitative estimate of drug-likeness (QED) is 0.829. The molecular weight excluding hydrogens is 310 g/mol. The number of nitrogens with one attached hydrogen (secondary N) is 2. The van der Waals surface area contributed by atoms with Crippen molar-refractivity contribution in [3.63, 3.8) is 0 Å². The Morgan fingerprint density at radius 3 is 3.21 bits per heavy atom. The highest BCUT2D eigenvalue weighted by Crippen LogP contribution is 2.26. The first-order valence-corrected chi connectivity index (χ1v) is 7.45. The maximum absolute atomic E-state index is 12.7. The van der Waals surface area contributed by atoms with Crippen LogP contribution in [0.5, 0.6) is 5.75 Å². The third-order valence-electron chi connectivity index (χ3n) is 3.58. The number of rotatable bonds is 4. The molecule has 1 aromatic carbocycles. The molecule has 2 aromatic rings. The van der Waals surface area contributed by atoms with Gasteiger partial charge in [-0.2, -0.15) is 5.10 Å². The van der Waals surface area contributed by atoms with Crippen LogP contribution in [0.15, 0.2) is 30.6 Å². The third kappa shape index (κ3) is 3.47. The largest absolute Gasteiger partial charge is 0.479 e. The number of urea groups is 1. The molecule has 0 radical (unpaired) electrons. The van der Waals surface area contributed by atoms with Crippen molar-refractivity contribution < 1.29 is 14.3 Å². The molecule has 1 fully saturated rings. The number of carbonyl (C=O) groups excluding carboxylic acids is 1. The van der Waals surface area contributed by atoms with Gasteiger partial charge in [0.15, 0.2) is 0 Å². The zero-order chi connectivity index (χ0) is 16.8. The Morgan fingerprint density at radius 1 is 1.54 bits per heavy atom. The Morgan fingerprint density at radius 2 is 2.42 bits per heavy atom. The topological polar surface area (TPSA) is 92.4 Å². The summed E-state index contributed by atoms with van der Waals surface area (Å²) in [5.74, 6) is 3.51. The van der Waals surface area contributed by atoms with E-state index in [1.54, 1.807) is 17.0 Å². The molecule has 0 bridgehead atoms. The number of anilines is 1. The lowest BCUT2D eigenvalue weighted by Crippen LogP contribution is -2.45. The molecule has 1 unspecified atom stereocenters. The van der Waals surface area contributed by atoms with Crippen molar-refractivity contribution in [3.8, 4) is 18.1 Å². The van der Waals surface area contributed by atoms with E-state index in [1.165, 1.54) is 6.33 Å². The third-order valence-corrected chi connectivity index (χ3v) is 3.58. The van der Waals surface area contributed by atoms with Gasteiger partial charge in [-0.3, -0.25) is 5.10 Å². The number of carbonyl (C=O) groups is 1. The fourth-order valence-corrected chi connectivity index (χ4v) is 2.45. The van der Waals surface area contributed by atoms with Crippen LogP contribution in [0.25, 0.3) is 0 Å². The molecule has 1 aliphatic rings. The second-order valence-corrected chi connectivity index (χ2v) is 5.07. The Hall–Kier alpha value is -3.05. The first kappa shape index (κ1) is 15.8. The molecule has 0 spiro atoms. The van der Waals surface area contributed by atoms with Crippen molar-refractivity contribution in [1.82, 2.24) is 20.1 Å². The number of hydrogen-bond acceptors (Lipinski definition) is 5. The van der Waals surface area contributed by atoms with Gasteiger partial charge in [0.1, 0.15) is 30.5 Å². The lowest BCUT2D eigenvalue weighted by molar-refractivity contribution is 0.0118. The summed E-state index contributed by atoms with van der Waals surface area (Å²) in [6, 6.07) is 6.55. The summed E-state index contributed by atoms with van der Waals surface area (Å²) in [5.41, 5.74) is 0.556. The number of terminal acetylenes is 1. The second kappa shape index (κ2) is 7.48. The molecule has 8 heteroatoms. The van der Waals surface area contributed by atoms with Crippen molar-refractivity contribution in [2.45, 2.75) is 6.04 Å². The summed E-state index contributed by atoms with van der Waals surface area (Å²) in [7, 11) is 0. The average Bonchev–Trinajstić information content (AvgIpc) is 3.15. The van der Waals surface area contributed by atoms with Gasteiger partial charge >= 0.3 is 6.03 Å². The minimum Gasteiger partial charge on any atom is -0.479 e. The number of H-pyrrole nitrogens is 1. The van der Waals surface area contributed by atoms with Gasteiger partial charge in [-0.25, -0.2) is 9.78 Å². The minimum atomic E-state index is -0.319. The molecule has 24 heavy (non-hydrogen) atoms. The van der Waals surface area contributed by atoms with E-state index in [4.69, 9.17) is 15.9 Å². The van der Waals surface area contributed by atoms with E-state index in [0.717, 1.165) is 0 Å². The van der Waals surface area contributed by atoms with Crippen LogP contribution in [0.1, 0.15) is 11.9 Å². The van der Waals surface area contributed by atoms with Gasteiger partial charge in [-0.15, -0.1) is 6.42 Å². The zero-order valence-electron chi connectivity index (χ0n) is 12.9. The Kier molecular flexibility index (Phi) is 4.93. The van der Waals surface area contributed by atoms with Crippen molar-refractivity contribution in [2.24, 2.45) is 0 Å². The first-order valence-electron chi connectivity index (χ1n) is 7.45. The highest BCUT2D eigenvalue weighted by molar-refractivity contribution is 5.91. The van der Waals surface area contributed by atoms with Crippen molar-refractivity contribution >= 4 is 11.7 Å². The van der Waals surface area contributed by atoms with Crippen molar-refractivity contribution in [1.29, 1.82) is 0 Å². The number of benzene rings is 1. The molecule has 1 aromatic heterocycles. The van der Waals surface area contributed by atoms with Crippen LogP contribution in [0.2, 0.25) is 0 Å². The van der Waals surface area contributed by atoms with Crippen molar-refractivity contribution in [2.75, 3.05) is 31.7 Å². The van der Waals surface area contributed by atoms with Crippen LogP contribution >= 0.6 is 0 Å². The smallest absolute Gasteiger partial charge is 0.322 e. The molecule has 2 amide bonds. The molecular formula is C16H17N5O3. The summed E-state index contributed by atoms with van der Waals surface area (Å²) < 4.78 is 10.9. The van der Waals surface area contributed by atoms with Gasteiger partial charge in [-0.1, -0.05) is 18.1 Å². The lowest BCUT2D eigenvalue weighted by Gasteiger charge is -2.34. The Labute approximate surface area is 139 Å². The van der Waals surface area contributed by atoms with E-state index in [2.05, 4.69) is 26.4 Å². The van der Waals surface area contributed by atoms with Crippen LogP contribution in [0.4, 0.5) is 10.5 Å². The minimum absolute atomic E-state index is 0.130. The molecule has 0 aliphatic carbocycles. The van der Waals surface area contributed by atoms with E-state index >= 15 is 0 Å². The number of ether oxygens (including phenoxy) is 2. The normalized spacial score (nSPS) is 17.1. The van der Waals surface area contributed by atoms with E-state index in [0.29, 0.717) is 37.0 Å². The predicted molar refractivity (Wildman–Crippen MR) is 86.4 cm³/mol. The summed E-state index contributed by atoms with van der Waals surface area (Å²) in [6.07, 6.45) is 6.62. The Balaban J connectivity index is 1.75. The first-order chi connectivity index (χ1) is 11.8. The van der Waals surface area contributed by atoms with Crippen molar-refractivity contribution in [3.05, 3.63) is 36.4 Å². The molecule has 0 saturated carbocycles. The van der Waals surface area contributed by atoms with E-state index in [1.807, 2.05) is 12.1 Å². The van der Waals surface area contributed by atoms with Crippen LogP contribution in [0, 0.1) is 12.3 Å². The molecule has 1 saturated heterocycles. The fraction of sp³-hybridized carbons (Fsp3) is 0.312. The molecule has 2 N–H and O–H groups in total. The standard InChI is InChI=1S/C16H17N5O3/c1-2-8-24-14-6-4-3-5-12(14)19-16(22)21-7-9-23-10-13(21)15-17-11-18-20-15/h1,3-6,11,13H,7-10H2,(H,19,22)(H,17,18,20). The van der Waals surface area contributed by atoms with Gasteiger partial charge in [-0.05, 0) is 12.1 Å². The van der Waals surface area contributed by atoms with Gasteiger partial charge < -0.3 is 19.7 Å². The number of nitrogens with zero attached hydrogens (tertiary/aromatic N) is 3. The van der Waals surface area contributed by atoms with Gasteiger partial charge in [0, 0.05) is 6.54 Å². The molecule has 1 atom stereocenters. The lowest BCUT2D eigenvalue weighted by atomic mass is 10.2. The maximum Gasteiger partial charge on any atom is 0.322 e. The maximum atomic E-state index is 12.7. The molecule has 3 rings (SSSR count). The van der Waals surface area contributed by atoms with Crippen LogP contribution < -0.4 is 10.1 Å². The summed E-state index contributed by atoms with van der Waals surface area (Å²) in [6.45, 7) is 1.40. The number of hydrogen-bond donors (Lipinski definition) is 2. The molecule has 2 heterocycles. The summed E-state index contributed by atoms with van der Waals surface area (Å²) in [5, 5.41) is 9.48. The van der Waals surface area contributed by atoms with E-state index in [-0.39, 0.29) is 18.7 Å². The fourth-order valence-electron chi connectivity index (χ4n) is 2.45. The SMILES string of the molecule is C#CCOc1ccccc1NC(=O)N1CCOCC1c1ncn[nH]1. The Bertz CT molecular complexity index is 726. The number of para-hydroxylation sites is 2. The van der Waals surface area contributed by atoms with Gasteiger partial charge in [0.25, 0.3) is 0 Å². The highest BCUT2D eigenvalue weighted by atomic mass is 16.5. The predicted octanol–water partition coefficient (Wildman–Crippen LogP) is 1.42. The van der Waals surface area contributed by atoms with Crippen LogP contribution in [-0.2, 0) is 4.74 Å². The monoisotopic (exact) mass is 327 g/mol. The highest BCUT2D eigenvalue weighted by Gasteiger charge is 2.31. The molecule has 124 valence electrons. The van der Waals surface area contributed by atoms with Crippen LogP contribution in [0.3, 0.4) is 0 Å². The molecule has 8 nitrogen and oxygen atoms in total. The summed E-state index contributed by atoms with van der Waals surface area (Å²) >= 11 is 0. The van der Waals surface area contributed by atoms with E-state index < -0.39 is 0 Å². The molecule has 1 aliphatic heterocycles.